The summed E-state index contributed by atoms with van der Waals surface area (Å²) in [5, 5.41) is 21.4. The fourth-order valence-electron chi connectivity index (χ4n) is 5.05. The molecule has 1 aliphatic heterocycles. The molecular formula is C30H31FN10O. The quantitative estimate of drug-likeness (QED) is 0.327. The van der Waals surface area contributed by atoms with E-state index in [4.69, 9.17) is 15.7 Å². The number of nitriles is 1. The minimum Gasteiger partial charge on any atom is -0.379 e. The summed E-state index contributed by atoms with van der Waals surface area (Å²) in [7, 11) is 0. The predicted octanol–water partition coefficient (Wildman–Crippen LogP) is 3.68. The van der Waals surface area contributed by atoms with Crippen LogP contribution in [-0.4, -0.2) is 73.7 Å². The molecule has 4 aromatic rings. The van der Waals surface area contributed by atoms with Crippen molar-refractivity contribution in [3.63, 3.8) is 0 Å². The summed E-state index contributed by atoms with van der Waals surface area (Å²) in [5.41, 5.74) is 10.4. The van der Waals surface area contributed by atoms with Crippen molar-refractivity contribution >= 4 is 23.1 Å². The van der Waals surface area contributed by atoms with Crippen molar-refractivity contribution in [2.24, 2.45) is 0 Å². The van der Waals surface area contributed by atoms with Gasteiger partial charge in [-0.25, -0.2) is 9.37 Å². The number of allylic oxidation sites excluding steroid dienone is 5. The first-order valence-electron chi connectivity index (χ1n) is 13.9. The summed E-state index contributed by atoms with van der Waals surface area (Å²) in [5.74, 6) is -0.187. The van der Waals surface area contributed by atoms with Gasteiger partial charge in [0.1, 0.15) is 11.9 Å². The Kier molecular flexibility index (Phi) is 8.02. The monoisotopic (exact) mass is 566 g/mol. The van der Waals surface area contributed by atoms with Gasteiger partial charge in [0.05, 0.1) is 37.2 Å². The van der Waals surface area contributed by atoms with Crippen LogP contribution in [0.4, 0.5) is 16.3 Å². The molecule has 11 nitrogen and oxygen atoms in total. The van der Waals surface area contributed by atoms with Gasteiger partial charge in [0, 0.05) is 49.6 Å². The fraction of sp³-hybridized carbons (Fsp3) is 0.300. The van der Waals surface area contributed by atoms with Crippen LogP contribution in [0.25, 0.3) is 22.5 Å². The van der Waals surface area contributed by atoms with E-state index in [1.165, 1.54) is 16.2 Å². The molecule has 214 valence electrons. The van der Waals surface area contributed by atoms with Gasteiger partial charge in [0.15, 0.2) is 5.65 Å². The smallest absolute Gasteiger partial charge is 0.243 e. The van der Waals surface area contributed by atoms with E-state index in [-0.39, 0.29) is 22.8 Å². The SMILES string of the molecule is N#Cc1cccc(-c2cc3nc(NC/C4=C/C=C\C(c5cnn(CCN6CCOCC6)c5)=C/CC4)nn3c(N)n2)c1F. The molecule has 0 spiro atoms. The van der Waals surface area contributed by atoms with Crippen molar-refractivity contribution < 1.29 is 9.13 Å². The van der Waals surface area contributed by atoms with Gasteiger partial charge in [0.2, 0.25) is 11.9 Å². The first-order valence-corrected chi connectivity index (χ1v) is 13.9. The fourth-order valence-corrected chi connectivity index (χ4v) is 5.05. The second-order valence-electron chi connectivity index (χ2n) is 10.2. The van der Waals surface area contributed by atoms with Crippen molar-refractivity contribution in [1.82, 2.24) is 34.3 Å². The van der Waals surface area contributed by atoms with Gasteiger partial charge in [-0.2, -0.15) is 19.9 Å². The second kappa shape index (κ2) is 12.3. The molecule has 6 rings (SSSR count). The molecule has 3 aromatic heterocycles. The molecule has 0 bridgehead atoms. The van der Waals surface area contributed by atoms with E-state index in [0.717, 1.165) is 63.4 Å². The summed E-state index contributed by atoms with van der Waals surface area (Å²) in [6, 6.07) is 8.02. The Morgan fingerprint density at radius 1 is 1.17 bits per heavy atom. The summed E-state index contributed by atoms with van der Waals surface area (Å²) in [6.07, 6.45) is 14.3. The zero-order chi connectivity index (χ0) is 28.9. The molecule has 2 aliphatic rings. The third-order valence-corrected chi connectivity index (χ3v) is 7.37. The van der Waals surface area contributed by atoms with Crippen LogP contribution in [0.2, 0.25) is 0 Å². The topological polar surface area (TPSA) is 135 Å². The van der Waals surface area contributed by atoms with Crippen LogP contribution in [0.15, 0.2) is 66.5 Å². The first kappa shape index (κ1) is 27.3. The number of rotatable bonds is 8. The number of hydrogen-bond donors (Lipinski definition) is 2. The van der Waals surface area contributed by atoms with Crippen molar-refractivity contribution in [2.45, 2.75) is 19.4 Å². The lowest BCUT2D eigenvalue weighted by Gasteiger charge is -2.26. The molecule has 1 saturated heterocycles. The molecule has 1 fully saturated rings. The van der Waals surface area contributed by atoms with Crippen LogP contribution in [0.1, 0.15) is 24.0 Å². The van der Waals surface area contributed by atoms with Crippen LogP contribution in [0, 0.1) is 17.1 Å². The Morgan fingerprint density at radius 3 is 2.90 bits per heavy atom. The van der Waals surface area contributed by atoms with E-state index >= 15 is 0 Å². The summed E-state index contributed by atoms with van der Waals surface area (Å²) < 4.78 is 23.6. The van der Waals surface area contributed by atoms with E-state index in [2.05, 4.69) is 60.9 Å². The number of anilines is 2. The van der Waals surface area contributed by atoms with Crippen molar-refractivity contribution in [3.8, 4) is 17.3 Å². The van der Waals surface area contributed by atoms with Gasteiger partial charge in [-0.05, 0) is 30.5 Å². The predicted molar refractivity (Wildman–Crippen MR) is 158 cm³/mol. The molecule has 0 radical (unpaired) electrons. The highest BCUT2D eigenvalue weighted by Crippen LogP contribution is 2.26. The largest absolute Gasteiger partial charge is 0.379 e. The molecule has 42 heavy (non-hydrogen) atoms. The lowest BCUT2D eigenvalue weighted by Crippen LogP contribution is -2.38. The number of nitrogens with two attached hydrogens (primary N) is 1. The maximum atomic E-state index is 14.7. The summed E-state index contributed by atoms with van der Waals surface area (Å²) >= 11 is 0. The van der Waals surface area contributed by atoms with Crippen molar-refractivity contribution in [3.05, 3.63) is 83.5 Å². The highest BCUT2D eigenvalue weighted by atomic mass is 19.1. The average Bonchev–Trinajstić information content (AvgIpc) is 3.64. The van der Waals surface area contributed by atoms with Gasteiger partial charge in [-0.3, -0.25) is 9.58 Å². The number of benzene rings is 1. The second-order valence-corrected chi connectivity index (χ2v) is 10.2. The highest BCUT2D eigenvalue weighted by Gasteiger charge is 2.16. The Balaban J connectivity index is 1.08. The number of aromatic nitrogens is 6. The molecule has 3 N–H and O–H groups in total. The lowest BCUT2D eigenvalue weighted by molar-refractivity contribution is 0.0360. The maximum Gasteiger partial charge on any atom is 0.243 e. The van der Waals surface area contributed by atoms with E-state index in [1.54, 1.807) is 18.2 Å². The molecule has 0 atom stereocenters. The molecular weight excluding hydrogens is 535 g/mol. The van der Waals surface area contributed by atoms with Crippen LogP contribution >= 0.6 is 0 Å². The zero-order valence-corrected chi connectivity index (χ0v) is 23.1. The molecule has 0 saturated carbocycles. The minimum atomic E-state index is -0.645. The molecule has 0 unspecified atom stereocenters. The number of ether oxygens (including phenoxy) is 1. The molecule has 1 aromatic carbocycles. The van der Waals surface area contributed by atoms with E-state index in [1.807, 2.05) is 16.9 Å². The average molecular weight is 567 g/mol. The Bertz CT molecular complexity index is 1720. The molecule has 1 aliphatic carbocycles. The lowest BCUT2D eigenvalue weighted by atomic mass is 10.0. The van der Waals surface area contributed by atoms with Gasteiger partial charge in [-0.15, -0.1) is 5.10 Å². The standard InChI is InChI=1S/C30H31FN10O/c31-28-23(17-32)8-3-9-25(28)26-16-27-37-30(38-41(27)29(33)36-26)34-18-21-4-1-6-22(7-2-5-21)24-19-35-40(20-24)11-10-39-12-14-42-15-13-39/h1,3-4,6-9,16,19-20H,2,5,10-15,18H2,(H2,33,36)(H,34,38)/b6-1-,21-4+,22-7+. The maximum absolute atomic E-state index is 14.7. The number of nitrogen functional groups attached to an aromatic ring is 1. The Morgan fingerprint density at radius 2 is 2.05 bits per heavy atom. The van der Waals surface area contributed by atoms with E-state index < -0.39 is 5.82 Å². The number of morpholine rings is 1. The van der Waals surface area contributed by atoms with Crippen LogP contribution < -0.4 is 11.1 Å². The number of hydrogen-bond acceptors (Lipinski definition) is 9. The summed E-state index contributed by atoms with van der Waals surface area (Å²) in [4.78, 5) is 11.2. The number of nitrogens with zero attached hydrogens (tertiary/aromatic N) is 8. The molecule has 12 heteroatoms. The third-order valence-electron chi connectivity index (χ3n) is 7.37. The van der Waals surface area contributed by atoms with Crippen LogP contribution in [0.3, 0.4) is 0 Å². The van der Waals surface area contributed by atoms with Gasteiger partial charge in [0.25, 0.3) is 0 Å². The first-order chi connectivity index (χ1) is 20.6. The third kappa shape index (κ3) is 6.07. The number of fused-ring (bicyclic) bond motifs is 1. The molecule has 4 heterocycles. The summed E-state index contributed by atoms with van der Waals surface area (Å²) in [6.45, 7) is 5.95. The van der Waals surface area contributed by atoms with Crippen molar-refractivity contribution in [2.75, 3.05) is 50.4 Å². The molecule has 0 amide bonds. The van der Waals surface area contributed by atoms with Crippen molar-refractivity contribution in [1.29, 1.82) is 5.26 Å². The highest BCUT2D eigenvalue weighted by molar-refractivity contribution is 5.74. The van der Waals surface area contributed by atoms with Gasteiger partial charge < -0.3 is 15.8 Å². The van der Waals surface area contributed by atoms with Gasteiger partial charge in [-0.1, -0.05) is 35.9 Å². The van der Waals surface area contributed by atoms with Crippen LogP contribution in [0.5, 0.6) is 0 Å². The zero-order valence-electron chi connectivity index (χ0n) is 23.1. The number of halogens is 1. The normalized spacial score (nSPS) is 19.2. The van der Waals surface area contributed by atoms with E-state index in [9.17, 15) is 4.39 Å². The number of nitrogens with one attached hydrogen (secondary N) is 1. The Hall–Kier alpha value is -4.86. The van der Waals surface area contributed by atoms with Crippen LogP contribution in [-0.2, 0) is 11.3 Å². The minimum absolute atomic E-state index is 0.0605. The van der Waals surface area contributed by atoms with Gasteiger partial charge >= 0.3 is 0 Å². The Labute approximate surface area is 242 Å². The van der Waals surface area contributed by atoms with E-state index in [0.29, 0.717) is 18.1 Å².